The van der Waals surface area contributed by atoms with Crippen molar-refractivity contribution in [2.24, 2.45) is 7.05 Å². The lowest BCUT2D eigenvalue weighted by molar-refractivity contribution is -0.0585. The smallest absolute Gasteiger partial charge is 0.274 e. The average Bonchev–Trinajstić information content (AvgIpc) is 2.71. The number of fused-ring (bicyclic) bond motifs is 1. The Hall–Kier alpha value is -2.15. The predicted octanol–water partition coefficient (Wildman–Crippen LogP) is 0.819. The molecule has 1 amide bonds. The third kappa shape index (κ3) is 2.41. The molecule has 0 radical (unpaired) electrons. The number of aryl methyl sites for hydroxylation is 2. The van der Waals surface area contributed by atoms with Crippen LogP contribution in [0.3, 0.4) is 0 Å². The number of hydrogen-bond donors (Lipinski definition) is 1. The van der Waals surface area contributed by atoms with Crippen molar-refractivity contribution < 1.29 is 9.53 Å². The summed E-state index contributed by atoms with van der Waals surface area (Å²) in [4.78, 5) is 31.1. The van der Waals surface area contributed by atoms with Crippen LogP contribution in [-0.2, 0) is 11.8 Å². The molecule has 0 spiro atoms. The number of rotatable bonds is 1. The number of carbonyl (C=O) groups excluding carboxylic acids is 1. The maximum Gasteiger partial charge on any atom is 0.274 e. The van der Waals surface area contributed by atoms with Gasteiger partial charge in [-0.05, 0) is 26.8 Å². The molecule has 2 aromatic heterocycles. The minimum Gasteiger partial charge on any atom is -0.372 e. The highest BCUT2D eigenvalue weighted by Crippen LogP contribution is 2.19. The minimum atomic E-state index is -0.289. The number of morpholine rings is 1. The van der Waals surface area contributed by atoms with E-state index in [-0.39, 0.29) is 23.7 Å². The summed E-state index contributed by atoms with van der Waals surface area (Å²) < 4.78 is 7.21. The van der Waals surface area contributed by atoms with Crippen molar-refractivity contribution >= 4 is 16.9 Å². The Morgan fingerprint density at radius 1 is 1.36 bits per heavy atom. The molecule has 2 atom stereocenters. The molecule has 1 N–H and O–H groups in total. The van der Waals surface area contributed by atoms with Crippen LogP contribution in [0.4, 0.5) is 0 Å². The van der Waals surface area contributed by atoms with Crippen molar-refractivity contribution in [3.05, 3.63) is 27.7 Å². The summed E-state index contributed by atoms with van der Waals surface area (Å²) in [7, 11) is 1.71. The second-order valence-corrected chi connectivity index (χ2v) is 5.98. The maximum absolute atomic E-state index is 12.9. The molecule has 0 aliphatic carbocycles. The first-order valence-electron chi connectivity index (χ1n) is 7.38. The summed E-state index contributed by atoms with van der Waals surface area (Å²) in [5, 5.41) is 3.01. The Morgan fingerprint density at radius 2 is 2.00 bits per heavy atom. The van der Waals surface area contributed by atoms with Crippen LogP contribution < -0.4 is 5.56 Å². The number of amides is 1. The van der Waals surface area contributed by atoms with Crippen LogP contribution in [0, 0.1) is 6.92 Å². The molecule has 1 saturated heterocycles. The minimum absolute atomic E-state index is 0.0137. The first-order chi connectivity index (χ1) is 10.4. The molecule has 1 fully saturated rings. The largest absolute Gasteiger partial charge is 0.372 e. The topological polar surface area (TPSA) is 80.2 Å². The van der Waals surface area contributed by atoms with Gasteiger partial charge in [-0.3, -0.25) is 19.4 Å². The fourth-order valence-corrected chi connectivity index (χ4v) is 3.07. The van der Waals surface area contributed by atoms with E-state index in [1.165, 1.54) is 0 Å². The lowest BCUT2D eigenvalue weighted by atomic mass is 10.1. The van der Waals surface area contributed by atoms with E-state index in [1.54, 1.807) is 22.7 Å². The van der Waals surface area contributed by atoms with Crippen molar-refractivity contribution in [2.75, 3.05) is 13.1 Å². The van der Waals surface area contributed by atoms with Gasteiger partial charge in [0, 0.05) is 25.8 Å². The Bertz CT molecular complexity index is 782. The van der Waals surface area contributed by atoms with Gasteiger partial charge in [-0.25, -0.2) is 4.98 Å². The summed E-state index contributed by atoms with van der Waals surface area (Å²) in [5.41, 5.74) is 1.33. The van der Waals surface area contributed by atoms with Gasteiger partial charge in [0.05, 0.1) is 23.2 Å². The molecular formula is C15H20N4O3. The molecule has 2 aromatic rings. The molecule has 118 valence electrons. The summed E-state index contributed by atoms with van der Waals surface area (Å²) >= 11 is 0. The van der Waals surface area contributed by atoms with Gasteiger partial charge >= 0.3 is 0 Å². The molecule has 0 unspecified atom stereocenters. The summed E-state index contributed by atoms with van der Waals surface area (Å²) in [6, 6.07) is 1.69. The van der Waals surface area contributed by atoms with Crippen molar-refractivity contribution in [2.45, 2.75) is 33.0 Å². The number of aromatic nitrogens is 3. The van der Waals surface area contributed by atoms with Crippen LogP contribution in [-0.4, -0.2) is 50.9 Å². The standard InChI is InChI=1S/C15H20N4O3/c1-8-5-11(12-13(16-8)18(4)17-14(12)20)15(21)19-6-9(2)22-10(3)7-19/h5,9-10H,6-7H2,1-4H3,(H,17,20)/t9-,10+. The van der Waals surface area contributed by atoms with Crippen LogP contribution in [0.5, 0.6) is 0 Å². The van der Waals surface area contributed by atoms with Crippen LogP contribution in [0.15, 0.2) is 10.9 Å². The van der Waals surface area contributed by atoms with Gasteiger partial charge in [-0.15, -0.1) is 0 Å². The number of nitrogens with zero attached hydrogens (tertiary/aromatic N) is 3. The van der Waals surface area contributed by atoms with E-state index < -0.39 is 0 Å². The first kappa shape index (κ1) is 14.8. The Labute approximate surface area is 127 Å². The number of nitrogens with one attached hydrogen (secondary N) is 1. The SMILES string of the molecule is Cc1cc(C(=O)N2C[C@@H](C)O[C@@H](C)C2)c2c(=O)[nH]n(C)c2n1. The zero-order chi connectivity index (χ0) is 16.0. The lowest BCUT2D eigenvalue weighted by Gasteiger charge is -2.35. The van der Waals surface area contributed by atoms with E-state index in [0.29, 0.717) is 35.4 Å². The second kappa shape index (κ2) is 5.24. The molecule has 1 aliphatic rings. The highest BCUT2D eigenvalue weighted by molar-refractivity contribution is 6.05. The number of aromatic amines is 1. The fourth-order valence-electron chi connectivity index (χ4n) is 3.07. The lowest BCUT2D eigenvalue weighted by Crippen LogP contribution is -2.48. The van der Waals surface area contributed by atoms with Crippen molar-refractivity contribution in [3.63, 3.8) is 0 Å². The van der Waals surface area contributed by atoms with Gasteiger partial charge in [0.2, 0.25) is 0 Å². The first-order valence-corrected chi connectivity index (χ1v) is 7.38. The van der Waals surface area contributed by atoms with Crippen molar-refractivity contribution in [1.82, 2.24) is 19.7 Å². The highest BCUT2D eigenvalue weighted by atomic mass is 16.5. The molecule has 0 bridgehead atoms. The van der Waals surface area contributed by atoms with Crippen molar-refractivity contribution in [1.29, 1.82) is 0 Å². The van der Waals surface area contributed by atoms with Crippen LogP contribution in [0.2, 0.25) is 0 Å². The number of ether oxygens (including phenoxy) is 1. The van der Waals surface area contributed by atoms with Crippen LogP contribution >= 0.6 is 0 Å². The number of carbonyl (C=O) groups is 1. The number of pyridine rings is 1. The maximum atomic E-state index is 12.9. The average molecular weight is 304 g/mol. The zero-order valence-corrected chi connectivity index (χ0v) is 13.2. The molecule has 0 aromatic carbocycles. The summed E-state index contributed by atoms with van der Waals surface area (Å²) in [5.74, 6) is -0.144. The van der Waals surface area contributed by atoms with E-state index in [0.717, 1.165) is 0 Å². The van der Waals surface area contributed by atoms with Gasteiger partial charge in [0.25, 0.3) is 11.5 Å². The molecule has 1 aliphatic heterocycles. The van der Waals surface area contributed by atoms with Crippen LogP contribution in [0.25, 0.3) is 11.0 Å². The Morgan fingerprint density at radius 3 is 2.64 bits per heavy atom. The molecule has 22 heavy (non-hydrogen) atoms. The fraction of sp³-hybridized carbons (Fsp3) is 0.533. The molecule has 3 heterocycles. The third-order valence-electron chi connectivity index (χ3n) is 3.88. The van der Waals surface area contributed by atoms with Gasteiger partial charge in [-0.2, -0.15) is 0 Å². The summed E-state index contributed by atoms with van der Waals surface area (Å²) in [6.07, 6.45) is -0.0274. The van der Waals surface area contributed by atoms with Crippen molar-refractivity contribution in [3.8, 4) is 0 Å². The van der Waals surface area contributed by atoms with Gasteiger partial charge in [0.1, 0.15) is 0 Å². The van der Waals surface area contributed by atoms with E-state index >= 15 is 0 Å². The van der Waals surface area contributed by atoms with E-state index in [2.05, 4.69) is 10.1 Å². The van der Waals surface area contributed by atoms with Gasteiger partial charge < -0.3 is 9.64 Å². The highest BCUT2D eigenvalue weighted by Gasteiger charge is 2.29. The van der Waals surface area contributed by atoms with E-state index in [1.807, 2.05) is 20.8 Å². The van der Waals surface area contributed by atoms with E-state index in [4.69, 9.17) is 4.74 Å². The third-order valence-corrected chi connectivity index (χ3v) is 3.88. The second-order valence-electron chi connectivity index (χ2n) is 5.98. The molecule has 3 rings (SSSR count). The zero-order valence-electron chi connectivity index (χ0n) is 13.2. The van der Waals surface area contributed by atoms with E-state index in [9.17, 15) is 9.59 Å². The monoisotopic (exact) mass is 304 g/mol. The Kier molecular flexibility index (Phi) is 3.52. The molecule has 7 nitrogen and oxygen atoms in total. The predicted molar refractivity (Wildman–Crippen MR) is 82.0 cm³/mol. The number of H-pyrrole nitrogens is 1. The molecule has 0 saturated carbocycles. The van der Waals surface area contributed by atoms with Gasteiger partial charge in [-0.1, -0.05) is 0 Å². The van der Waals surface area contributed by atoms with Gasteiger partial charge in [0.15, 0.2) is 5.65 Å². The normalized spacial score (nSPS) is 22.3. The molecule has 7 heteroatoms. The Balaban J connectivity index is 2.09. The quantitative estimate of drug-likeness (QED) is 0.846. The summed E-state index contributed by atoms with van der Waals surface area (Å²) in [6.45, 7) is 6.75. The number of hydrogen-bond acceptors (Lipinski definition) is 4. The molecular weight excluding hydrogens is 284 g/mol. The van der Waals surface area contributed by atoms with Crippen LogP contribution in [0.1, 0.15) is 29.9 Å².